The highest BCUT2D eigenvalue weighted by molar-refractivity contribution is 7.89. The number of nitrogens with two attached hydrogens (primary N) is 1. The molecule has 0 aliphatic carbocycles. The van der Waals surface area contributed by atoms with Crippen LogP contribution >= 0.6 is 0 Å². The van der Waals surface area contributed by atoms with E-state index in [4.69, 9.17) is 9.88 Å². The van der Waals surface area contributed by atoms with Crippen LogP contribution in [0.1, 0.15) is 23.2 Å². The maximum absolute atomic E-state index is 13.8. The second-order valence-corrected chi connectivity index (χ2v) is 6.54. The molecule has 1 saturated heterocycles. The lowest BCUT2D eigenvalue weighted by Crippen LogP contribution is -2.33. The molecule has 0 saturated carbocycles. The zero-order chi connectivity index (χ0) is 15.5. The van der Waals surface area contributed by atoms with Crippen molar-refractivity contribution >= 4 is 15.9 Å². The average molecular weight is 316 g/mol. The van der Waals surface area contributed by atoms with Gasteiger partial charge in [0.15, 0.2) is 0 Å². The van der Waals surface area contributed by atoms with E-state index in [1.165, 1.54) is 0 Å². The molecular weight excluding hydrogens is 299 g/mol. The zero-order valence-electron chi connectivity index (χ0n) is 11.3. The minimum Gasteiger partial charge on any atom is -0.381 e. The lowest BCUT2D eigenvalue weighted by atomic mass is 10.0. The van der Waals surface area contributed by atoms with Crippen molar-refractivity contribution in [1.29, 1.82) is 0 Å². The highest BCUT2D eigenvalue weighted by Crippen LogP contribution is 2.15. The van der Waals surface area contributed by atoms with Crippen molar-refractivity contribution in [2.45, 2.75) is 17.7 Å². The van der Waals surface area contributed by atoms with Crippen molar-refractivity contribution in [2.24, 2.45) is 11.1 Å². The molecule has 1 fully saturated rings. The maximum atomic E-state index is 13.8. The summed E-state index contributed by atoms with van der Waals surface area (Å²) in [6.07, 6.45) is 1.89. The molecule has 8 heteroatoms. The summed E-state index contributed by atoms with van der Waals surface area (Å²) in [4.78, 5) is 11.5. The molecule has 0 bridgehead atoms. The van der Waals surface area contributed by atoms with Crippen LogP contribution in [0.4, 0.5) is 4.39 Å². The molecular formula is C13H17FN2O4S. The summed E-state index contributed by atoms with van der Waals surface area (Å²) in [7, 11) is -3.99. The Hall–Kier alpha value is -1.51. The van der Waals surface area contributed by atoms with Gasteiger partial charge in [0, 0.05) is 13.2 Å². The summed E-state index contributed by atoms with van der Waals surface area (Å²) in [5.41, 5.74) is -0.209. The largest absolute Gasteiger partial charge is 0.381 e. The Bertz CT molecular complexity index is 627. The molecule has 21 heavy (non-hydrogen) atoms. The number of nitrogens with one attached hydrogen (secondary N) is 1. The Labute approximate surface area is 122 Å². The van der Waals surface area contributed by atoms with Crippen LogP contribution < -0.4 is 10.5 Å². The van der Waals surface area contributed by atoms with Gasteiger partial charge in [0.2, 0.25) is 10.0 Å². The van der Waals surface area contributed by atoms with Gasteiger partial charge in [0.05, 0.1) is 17.1 Å². The number of carbonyl (C=O) groups excluding carboxylic acids is 1. The number of benzene rings is 1. The van der Waals surface area contributed by atoms with Gasteiger partial charge in [0.1, 0.15) is 5.82 Å². The Morgan fingerprint density at radius 1 is 1.48 bits per heavy atom. The molecule has 116 valence electrons. The van der Waals surface area contributed by atoms with Crippen LogP contribution in [0.5, 0.6) is 0 Å². The average Bonchev–Trinajstić information content (AvgIpc) is 2.45. The molecule has 1 aliphatic heterocycles. The molecule has 1 heterocycles. The number of carbonyl (C=O) groups is 1. The van der Waals surface area contributed by atoms with Gasteiger partial charge in [-0.3, -0.25) is 4.79 Å². The first-order chi connectivity index (χ1) is 9.88. The first-order valence-electron chi connectivity index (χ1n) is 6.56. The van der Waals surface area contributed by atoms with E-state index in [1.54, 1.807) is 0 Å². The predicted octanol–water partition coefficient (Wildman–Crippen LogP) is 0.629. The Morgan fingerprint density at radius 2 is 2.24 bits per heavy atom. The van der Waals surface area contributed by atoms with E-state index < -0.39 is 21.7 Å². The Kier molecular flexibility index (Phi) is 4.92. The standard InChI is InChI=1S/C13H17FN2O4S/c14-12-6-10(21(15,18)19)3-4-11(12)13(17)16-7-9-2-1-5-20-8-9/h3-4,6,9H,1-2,5,7-8H2,(H,16,17)(H2,15,18,19). The molecule has 2 rings (SSSR count). The molecule has 1 aliphatic rings. The fraction of sp³-hybridized carbons (Fsp3) is 0.462. The third-order valence-electron chi connectivity index (χ3n) is 3.32. The lowest BCUT2D eigenvalue weighted by Gasteiger charge is -2.22. The molecule has 1 unspecified atom stereocenters. The van der Waals surface area contributed by atoms with E-state index in [0.717, 1.165) is 37.6 Å². The van der Waals surface area contributed by atoms with Gasteiger partial charge in [-0.15, -0.1) is 0 Å². The molecule has 1 aromatic carbocycles. The molecule has 0 radical (unpaired) electrons. The number of primary sulfonamides is 1. The first kappa shape index (κ1) is 15.9. The van der Waals surface area contributed by atoms with Crippen molar-refractivity contribution in [3.05, 3.63) is 29.6 Å². The molecule has 0 aromatic heterocycles. The van der Waals surface area contributed by atoms with Crippen molar-refractivity contribution < 1.29 is 22.3 Å². The SMILES string of the molecule is NS(=O)(=O)c1ccc(C(=O)NCC2CCCOC2)c(F)c1. The Balaban J connectivity index is 2.02. The fourth-order valence-electron chi connectivity index (χ4n) is 2.16. The monoisotopic (exact) mass is 316 g/mol. The van der Waals surface area contributed by atoms with Crippen LogP contribution in [0, 0.1) is 11.7 Å². The fourth-order valence-corrected chi connectivity index (χ4v) is 2.68. The number of sulfonamides is 1. The summed E-state index contributed by atoms with van der Waals surface area (Å²) >= 11 is 0. The highest BCUT2D eigenvalue weighted by atomic mass is 32.2. The normalized spacial score (nSPS) is 19.2. The molecule has 0 spiro atoms. The zero-order valence-corrected chi connectivity index (χ0v) is 12.2. The van der Waals surface area contributed by atoms with E-state index in [2.05, 4.69) is 5.32 Å². The van der Waals surface area contributed by atoms with E-state index in [0.29, 0.717) is 13.2 Å². The number of halogens is 1. The quantitative estimate of drug-likeness (QED) is 0.851. The van der Waals surface area contributed by atoms with Crippen LogP contribution in [-0.4, -0.2) is 34.1 Å². The molecule has 1 atom stereocenters. The van der Waals surface area contributed by atoms with Crippen LogP contribution in [0.25, 0.3) is 0 Å². The van der Waals surface area contributed by atoms with E-state index in [1.807, 2.05) is 0 Å². The summed E-state index contributed by atoms with van der Waals surface area (Å²) in [6.45, 7) is 1.70. The third kappa shape index (κ3) is 4.23. The van der Waals surface area contributed by atoms with Crippen LogP contribution in [0.15, 0.2) is 23.1 Å². The number of ether oxygens (including phenoxy) is 1. The van der Waals surface area contributed by atoms with Gasteiger partial charge < -0.3 is 10.1 Å². The first-order valence-corrected chi connectivity index (χ1v) is 8.11. The van der Waals surface area contributed by atoms with Crippen LogP contribution in [0.2, 0.25) is 0 Å². The Morgan fingerprint density at radius 3 is 2.81 bits per heavy atom. The lowest BCUT2D eigenvalue weighted by molar-refractivity contribution is 0.0536. The second-order valence-electron chi connectivity index (χ2n) is 4.98. The summed E-state index contributed by atoms with van der Waals surface area (Å²) in [6, 6.07) is 2.97. The van der Waals surface area contributed by atoms with E-state index >= 15 is 0 Å². The van der Waals surface area contributed by atoms with Gasteiger partial charge in [-0.2, -0.15) is 0 Å². The minimum atomic E-state index is -3.99. The van der Waals surface area contributed by atoms with Crippen molar-refractivity contribution in [3.8, 4) is 0 Å². The van der Waals surface area contributed by atoms with E-state index in [-0.39, 0.29) is 16.4 Å². The topological polar surface area (TPSA) is 98.5 Å². The third-order valence-corrected chi connectivity index (χ3v) is 4.23. The molecule has 6 nitrogen and oxygen atoms in total. The van der Waals surface area contributed by atoms with Crippen molar-refractivity contribution in [2.75, 3.05) is 19.8 Å². The van der Waals surface area contributed by atoms with Crippen molar-refractivity contribution in [1.82, 2.24) is 5.32 Å². The van der Waals surface area contributed by atoms with Gasteiger partial charge >= 0.3 is 0 Å². The molecule has 3 N–H and O–H groups in total. The maximum Gasteiger partial charge on any atom is 0.254 e. The summed E-state index contributed by atoms with van der Waals surface area (Å²) in [5.74, 6) is -1.28. The summed E-state index contributed by atoms with van der Waals surface area (Å²) < 4.78 is 41.3. The van der Waals surface area contributed by atoms with E-state index in [9.17, 15) is 17.6 Å². The van der Waals surface area contributed by atoms with Gasteiger partial charge in [-0.05, 0) is 37.0 Å². The van der Waals surface area contributed by atoms with Gasteiger partial charge in [0.25, 0.3) is 5.91 Å². The number of amides is 1. The van der Waals surface area contributed by atoms with Crippen LogP contribution in [0.3, 0.4) is 0 Å². The van der Waals surface area contributed by atoms with Gasteiger partial charge in [-0.1, -0.05) is 0 Å². The molecule has 1 amide bonds. The second kappa shape index (κ2) is 6.50. The number of hydrogen-bond acceptors (Lipinski definition) is 4. The highest BCUT2D eigenvalue weighted by Gasteiger charge is 2.18. The molecule has 1 aromatic rings. The van der Waals surface area contributed by atoms with Crippen LogP contribution in [-0.2, 0) is 14.8 Å². The predicted molar refractivity (Wildman–Crippen MR) is 73.6 cm³/mol. The summed E-state index contributed by atoms with van der Waals surface area (Å²) in [5, 5.41) is 7.53. The number of rotatable bonds is 4. The van der Waals surface area contributed by atoms with Crippen molar-refractivity contribution in [3.63, 3.8) is 0 Å². The smallest absolute Gasteiger partial charge is 0.254 e. The number of hydrogen-bond donors (Lipinski definition) is 2. The van der Waals surface area contributed by atoms with Gasteiger partial charge in [-0.25, -0.2) is 17.9 Å². The minimum absolute atomic E-state index is 0.209.